The van der Waals surface area contributed by atoms with Crippen LogP contribution >= 0.6 is 11.3 Å². The molecule has 0 saturated carbocycles. The van der Waals surface area contributed by atoms with Crippen LogP contribution in [-0.2, 0) is 9.47 Å². The van der Waals surface area contributed by atoms with Gasteiger partial charge in [0.1, 0.15) is 10.5 Å². The average molecular weight is 423 g/mol. The third kappa shape index (κ3) is 6.05. The molecule has 1 atom stereocenters. The van der Waals surface area contributed by atoms with Crippen molar-refractivity contribution >= 4 is 44.9 Å². The highest BCUT2D eigenvalue weighted by atomic mass is 32.1. The molecule has 0 fully saturated rings. The fourth-order valence-corrected chi connectivity index (χ4v) is 3.58. The fraction of sp³-hybridized carbons (Fsp3) is 0.474. The van der Waals surface area contributed by atoms with Crippen LogP contribution < -0.4 is 10.6 Å². The number of hydrogen-bond donors (Lipinski definition) is 2. The normalized spacial score (nSPS) is 12.3. The molecule has 29 heavy (non-hydrogen) atoms. The van der Waals surface area contributed by atoms with Crippen molar-refractivity contribution in [3.8, 4) is 0 Å². The summed E-state index contributed by atoms with van der Waals surface area (Å²) in [6.45, 7) is 9.28. The van der Waals surface area contributed by atoms with E-state index in [-0.39, 0.29) is 24.9 Å². The molecule has 1 heterocycles. The Kier molecular flexibility index (Phi) is 7.02. The number of benzene rings is 1. The van der Waals surface area contributed by atoms with E-state index < -0.39 is 22.6 Å². The van der Waals surface area contributed by atoms with Gasteiger partial charge >= 0.3 is 12.1 Å². The number of hydrogen-bond acceptors (Lipinski definition) is 8. The molecule has 2 aromatic rings. The van der Waals surface area contributed by atoms with Crippen LogP contribution in [0.3, 0.4) is 0 Å². The van der Waals surface area contributed by atoms with Gasteiger partial charge in [-0.2, -0.15) is 0 Å². The first-order valence-electron chi connectivity index (χ1n) is 9.13. The molecule has 10 heteroatoms. The van der Waals surface area contributed by atoms with E-state index in [2.05, 4.69) is 10.6 Å². The summed E-state index contributed by atoms with van der Waals surface area (Å²) in [5, 5.41) is 17.5. The number of non-ortho nitro benzene ring substituents is 1. The van der Waals surface area contributed by atoms with Crippen molar-refractivity contribution < 1.29 is 24.0 Å². The topological polar surface area (TPSA) is 120 Å². The van der Waals surface area contributed by atoms with Crippen molar-refractivity contribution in [1.82, 2.24) is 5.32 Å². The molecule has 0 radical (unpaired) electrons. The number of carbonyl (C=O) groups excluding carboxylic acids is 2. The van der Waals surface area contributed by atoms with Gasteiger partial charge in [0.25, 0.3) is 5.69 Å². The number of nitro groups is 1. The summed E-state index contributed by atoms with van der Waals surface area (Å²) in [4.78, 5) is 35.2. The number of nitro benzene ring substituents is 1. The Balaban J connectivity index is 2.25. The maximum atomic E-state index is 12.4. The van der Waals surface area contributed by atoms with Gasteiger partial charge in [-0.1, -0.05) is 0 Å². The smallest absolute Gasteiger partial charge is 0.407 e. The van der Waals surface area contributed by atoms with Gasteiger partial charge in [-0.3, -0.25) is 10.1 Å². The molecule has 0 bridgehead atoms. The van der Waals surface area contributed by atoms with Crippen LogP contribution in [0.1, 0.15) is 44.3 Å². The molecule has 2 rings (SSSR count). The maximum Gasteiger partial charge on any atom is 0.407 e. The van der Waals surface area contributed by atoms with E-state index in [0.717, 1.165) is 0 Å². The second kappa shape index (κ2) is 9.08. The maximum absolute atomic E-state index is 12.4. The minimum atomic E-state index is -0.614. The van der Waals surface area contributed by atoms with Crippen LogP contribution in [0.5, 0.6) is 0 Å². The van der Waals surface area contributed by atoms with Gasteiger partial charge < -0.3 is 20.1 Å². The van der Waals surface area contributed by atoms with Crippen LogP contribution in [0, 0.1) is 10.1 Å². The molecule has 0 aliphatic carbocycles. The fourth-order valence-electron chi connectivity index (χ4n) is 2.53. The molecule has 1 unspecified atom stereocenters. The number of anilines is 1. The predicted octanol–water partition coefficient (Wildman–Crippen LogP) is 4.31. The summed E-state index contributed by atoms with van der Waals surface area (Å²) < 4.78 is 11.1. The summed E-state index contributed by atoms with van der Waals surface area (Å²) in [6, 6.07) is 4.09. The molecule has 1 amide bonds. The molecule has 0 aliphatic rings. The van der Waals surface area contributed by atoms with Gasteiger partial charge in [-0.15, -0.1) is 11.3 Å². The highest BCUT2D eigenvalue weighted by Crippen LogP contribution is 2.38. The zero-order chi connectivity index (χ0) is 21.8. The van der Waals surface area contributed by atoms with Gasteiger partial charge in [0.2, 0.25) is 0 Å². The van der Waals surface area contributed by atoms with Gasteiger partial charge in [-0.05, 0) is 40.7 Å². The predicted molar refractivity (Wildman–Crippen MR) is 112 cm³/mol. The number of alkyl carbamates (subject to hydrolysis) is 1. The van der Waals surface area contributed by atoms with Crippen LogP contribution in [0.25, 0.3) is 10.1 Å². The Morgan fingerprint density at radius 3 is 2.59 bits per heavy atom. The zero-order valence-electron chi connectivity index (χ0n) is 17.0. The second-order valence-corrected chi connectivity index (χ2v) is 8.44. The summed E-state index contributed by atoms with van der Waals surface area (Å²) in [6.07, 6.45) is -0.553. The number of thiophene rings is 1. The Hall–Kier alpha value is -2.88. The lowest BCUT2D eigenvalue weighted by Crippen LogP contribution is -2.40. The van der Waals surface area contributed by atoms with Crippen LogP contribution in [0.15, 0.2) is 18.2 Å². The Morgan fingerprint density at radius 1 is 1.31 bits per heavy atom. The number of nitrogens with zero attached hydrogens (tertiary/aromatic N) is 1. The third-order valence-electron chi connectivity index (χ3n) is 3.69. The van der Waals surface area contributed by atoms with E-state index in [9.17, 15) is 19.7 Å². The molecular formula is C19H25N3O6S. The van der Waals surface area contributed by atoms with E-state index in [1.807, 2.05) is 0 Å². The molecule has 0 aliphatic heterocycles. The Labute approximate surface area is 172 Å². The lowest BCUT2D eigenvalue weighted by Gasteiger charge is -2.22. The monoisotopic (exact) mass is 423 g/mol. The van der Waals surface area contributed by atoms with Crippen molar-refractivity contribution in [2.75, 3.05) is 18.5 Å². The van der Waals surface area contributed by atoms with E-state index >= 15 is 0 Å². The van der Waals surface area contributed by atoms with Gasteiger partial charge in [0.15, 0.2) is 0 Å². The van der Waals surface area contributed by atoms with Crippen molar-refractivity contribution in [2.24, 2.45) is 0 Å². The van der Waals surface area contributed by atoms with Gasteiger partial charge in [0.05, 0.1) is 17.2 Å². The summed E-state index contributed by atoms with van der Waals surface area (Å²) >= 11 is 1.19. The minimum absolute atomic E-state index is 0.0753. The van der Waals surface area contributed by atoms with Crippen LogP contribution in [0.2, 0.25) is 0 Å². The van der Waals surface area contributed by atoms with Crippen molar-refractivity contribution in [3.05, 3.63) is 33.2 Å². The minimum Gasteiger partial charge on any atom is -0.462 e. The molecule has 1 aromatic heterocycles. The molecule has 2 N–H and O–H groups in total. The third-order valence-corrected chi connectivity index (χ3v) is 4.84. The zero-order valence-corrected chi connectivity index (χ0v) is 17.8. The number of ether oxygens (including phenoxy) is 2. The molecule has 158 valence electrons. The summed E-state index contributed by atoms with van der Waals surface area (Å²) in [5.41, 5.74) is -0.241. The van der Waals surface area contributed by atoms with Crippen LogP contribution in [-0.4, -0.2) is 41.8 Å². The average Bonchev–Trinajstić information content (AvgIpc) is 2.96. The number of nitrogens with one attached hydrogen (secondary N) is 2. The molecule has 1 aromatic carbocycles. The largest absolute Gasteiger partial charge is 0.462 e. The molecule has 0 saturated heterocycles. The van der Waals surface area contributed by atoms with E-state index in [1.54, 1.807) is 40.7 Å². The van der Waals surface area contributed by atoms with E-state index in [4.69, 9.17) is 9.47 Å². The number of fused-ring (bicyclic) bond motifs is 1. The first-order chi connectivity index (χ1) is 13.5. The number of rotatable bonds is 7. The van der Waals surface area contributed by atoms with E-state index in [0.29, 0.717) is 20.7 Å². The highest BCUT2D eigenvalue weighted by Gasteiger charge is 2.23. The first kappa shape index (κ1) is 22.4. The Morgan fingerprint density at radius 2 is 2.00 bits per heavy atom. The van der Waals surface area contributed by atoms with Gasteiger partial charge in [0, 0.05) is 34.8 Å². The summed E-state index contributed by atoms with van der Waals surface area (Å²) in [7, 11) is 0. The van der Waals surface area contributed by atoms with E-state index in [1.165, 1.54) is 23.5 Å². The van der Waals surface area contributed by atoms with Crippen molar-refractivity contribution in [1.29, 1.82) is 0 Å². The SMILES string of the molecule is CCOC(=O)c1sc2ccc([N+](=O)[O-])cc2c1NCC(C)NC(=O)OC(C)(C)C. The van der Waals surface area contributed by atoms with Crippen molar-refractivity contribution in [3.63, 3.8) is 0 Å². The molecular weight excluding hydrogens is 398 g/mol. The number of esters is 1. The summed E-state index contributed by atoms with van der Waals surface area (Å²) in [5.74, 6) is -0.508. The second-order valence-electron chi connectivity index (χ2n) is 7.39. The molecule has 0 spiro atoms. The van der Waals surface area contributed by atoms with Gasteiger partial charge in [-0.25, -0.2) is 9.59 Å². The Bertz CT molecular complexity index is 919. The lowest BCUT2D eigenvalue weighted by atomic mass is 10.2. The van der Waals surface area contributed by atoms with Crippen LogP contribution in [0.4, 0.5) is 16.2 Å². The quantitative estimate of drug-likeness (QED) is 0.387. The lowest BCUT2D eigenvalue weighted by molar-refractivity contribution is -0.384. The first-order valence-corrected chi connectivity index (χ1v) is 9.95. The highest BCUT2D eigenvalue weighted by molar-refractivity contribution is 7.21. The number of amides is 1. The van der Waals surface area contributed by atoms with Crippen molar-refractivity contribution in [2.45, 2.75) is 46.3 Å². The number of carbonyl (C=O) groups is 2. The molecule has 9 nitrogen and oxygen atoms in total. The standard InChI is InChI=1S/C19H25N3O6S/c1-6-27-17(23)16-15(13-9-12(22(25)26)7-8-14(13)29-16)20-10-11(2)21-18(24)28-19(3,4)5/h7-9,11,20H,6,10H2,1-5H3,(H,21,24).